The summed E-state index contributed by atoms with van der Waals surface area (Å²) in [5.41, 5.74) is 2.87. The fourth-order valence-corrected chi connectivity index (χ4v) is 2.70. The molecule has 0 aliphatic heterocycles. The highest BCUT2D eigenvalue weighted by atomic mass is 16.5. The van der Waals surface area contributed by atoms with Crippen molar-refractivity contribution >= 4 is 17.6 Å². The van der Waals surface area contributed by atoms with E-state index >= 15 is 0 Å². The van der Waals surface area contributed by atoms with Crippen molar-refractivity contribution in [3.63, 3.8) is 0 Å². The maximum atomic E-state index is 11.8. The van der Waals surface area contributed by atoms with Crippen LogP contribution in [0.15, 0.2) is 41.2 Å². The zero-order chi connectivity index (χ0) is 19.5. The monoisotopic (exact) mass is 378 g/mol. The number of carbonyl (C=O) groups excluding carboxylic acids is 1. The quantitative estimate of drug-likeness (QED) is 0.547. The van der Waals surface area contributed by atoms with Crippen molar-refractivity contribution in [2.75, 3.05) is 11.9 Å². The lowest BCUT2D eigenvalue weighted by Crippen LogP contribution is -2.28. The van der Waals surface area contributed by atoms with Crippen LogP contribution in [-0.2, 0) is 6.42 Å². The van der Waals surface area contributed by atoms with Gasteiger partial charge in [0.25, 0.3) is 11.8 Å². The van der Waals surface area contributed by atoms with Crippen LogP contribution in [0.3, 0.4) is 0 Å². The summed E-state index contributed by atoms with van der Waals surface area (Å²) in [5, 5.41) is 13.6. The van der Waals surface area contributed by atoms with Gasteiger partial charge in [0.1, 0.15) is 5.69 Å². The van der Waals surface area contributed by atoms with E-state index in [0.29, 0.717) is 36.0 Å². The first kappa shape index (κ1) is 17.6. The molecule has 0 saturated carbocycles. The van der Waals surface area contributed by atoms with Gasteiger partial charge in [0.15, 0.2) is 11.5 Å². The molecule has 4 rings (SSSR count). The highest BCUT2D eigenvalue weighted by molar-refractivity contribution is 5.87. The molecule has 28 heavy (non-hydrogen) atoms. The first-order chi connectivity index (χ1) is 13.7. The van der Waals surface area contributed by atoms with E-state index in [1.165, 1.54) is 0 Å². The number of amides is 2. The number of pyridine rings is 2. The molecule has 0 unspecified atom stereocenters. The average Bonchev–Trinajstić information content (AvgIpc) is 3.34. The van der Waals surface area contributed by atoms with Gasteiger partial charge in [0.2, 0.25) is 0 Å². The first-order valence-electron chi connectivity index (χ1n) is 8.87. The molecule has 0 fully saturated rings. The molecule has 2 N–H and O–H groups in total. The predicted molar refractivity (Wildman–Crippen MR) is 102 cm³/mol. The summed E-state index contributed by atoms with van der Waals surface area (Å²) in [7, 11) is 0. The summed E-state index contributed by atoms with van der Waals surface area (Å²) >= 11 is 0. The molecule has 0 aliphatic carbocycles. The molecule has 2 amide bonds. The fraction of sp³-hybridized carbons (Fsp3) is 0.222. The van der Waals surface area contributed by atoms with Crippen molar-refractivity contribution in [1.82, 2.24) is 35.0 Å². The van der Waals surface area contributed by atoms with Gasteiger partial charge in [-0.05, 0) is 30.7 Å². The Morgan fingerprint density at radius 1 is 1.21 bits per heavy atom. The third-order valence-corrected chi connectivity index (χ3v) is 4.00. The number of aromatic nitrogens is 6. The molecular formula is C18H18N8O2. The van der Waals surface area contributed by atoms with Gasteiger partial charge >= 0.3 is 6.03 Å². The van der Waals surface area contributed by atoms with E-state index in [1.54, 1.807) is 16.9 Å². The summed E-state index contributed by atoms with van der Waals surface area (Å²) in [6, 6.07) is 7.15. The smallest absolute Gasteiger partial charge is 0.321 e. The molecular weight excluding hydrogens is 360 g/mol. The van der Waals surface area contributed by atoms with E-state index in [1.807, 2.05) is 38.1 Å². The van der Waals surface area contributed by atoms with Crippen LogP contribution in [0.4, 0.5) is 10.7 Å². The van der Waals surface area contributed by atoms with Crippen molar-refractivity contribution in [2.24, 2.45) is 0 Å². The van der Waals surface area contributed by atoms with Gasteiger partial charge in [0.05, 0.1) is 0 Å². The van der Waals surface area contributed by atoms with Crippen LogP contribution in [0.2, 0.25) is 0 Å². The number of aryl methyl sites for hydroxylation is 1. The average molecular weight is 378 g/mol. The largest absolute Gasteiger partial charge is 0.338 e. The Bertz CT molecular complexity index is 1120. The molecule has 4 heterocycles. The molecule has 0 bridgehead atoms. The van der Waals surface area contributed by atoms with E-state index in [-0.39, 0.29) is 12.0 Å². The summed E-state index contributed by atoms with van der Waals surface area (Å²) in [4.78, 5) is 24.8. The van der Waals surface area contributed by atoms with Gasteiger partial charge in [-0.15, -0.1) is 5.10 Å². The Morgan fingerprint density at radius 2 is 2.11 bits per heavy atom. The fourth-order valence-electron chi connectivity index (χ4n) is 2.70. The van der Waals surface area contributed by atoms with Crippen LogP contribution in [0.25, 0.3) is 28.4 Å². The number of nitrogens with zero attached hydrogens (tertiary/aromatic N) is 6. The third-order valence-electron chi connectivity index (χ3n) is 4.00. The second kappa shape index (κ2) is 7.43. The summed E-state index contributed by atoms with van der Waals surface area (Å²) in [5.74, 6) is 1.09. The molecule has 4 aromatic heterocycles. The molecule has 4 aromatic rings. The van der Waals surface area contributed by atoms with Crippen LogP contribution >= 0.6 is 0 Å². The minimum Gasteiger partial charge on any atom is -0.338 e. The first-order valence-corrected chi connectivity index (χ1v) is 8.87. The van der Waals surface area contributed by atoms with Crippen molar-refractivity contribution < 1.29 is 9.32 Å². The van der Waals surface area contributed by atoms with Crippen LogP contribution in [-0.4, -0.2) is 42.3 Å². The zero-order valence-corrected chi connectivity index (χ0v) is 15.4. The SMILES string of the molecule is CCNC(=O)Nc1nc2cc(-c3cccnc3)cc(-c3nc(CC)no3)n2n1. The van der Waals surface area contributed by atoms with Crippen LogP contribution in [0.1, 0.15) is 19.7 Å². The van der Waals surface area contributed by atoms with Gasteiger partial charge in [0, 0.05) is 30.9 Å². The van der Waals surface area contributed by atoms with E-state index in [2.05, 4.69) is 35.8 Å². The molecule has 0 aliphatic rings. The number of fused-ring (bicyclic) bond motifs is 1. The second-order valence-electron chi connectivity index (χ2n) is 5.93. The molecule has 0 aromatic carbocycles. The second-order valence-corrected chi connectivity index (χ2v) is 5.93. The lowest BCUT2D eigenvalue weighted by molar-refractivity contribution is 0.252. The van der Waals surface area contributed by atoms with Crippen molar-refractivity contribution in [2.45, 2.75) is 20.3 Å². The van der Waals surface area contributed by atoms with Gasteiger partial charge in [-0.3, -0.25) is 10.3 Å². The molecule has 10 heteroatoms. The van der Waals surface area contributed by atoms with E-state index in [4.69, 9.17) is 4.52 Å². The highest BCUT2D eigenvalue weighted by Gasteiger charge is 2.18. The van der Waals surface area contributed by atoms with Crippen molar-refractivity contribution in [1.29, 1.82) is 0 Å². The molecule has 0 atom stereocenters. The predicted octanol–water partition coefficient (Wildman–Crippen LogP) is 2.55. The minimum absolute atomic E-state index is 0.172. The lowest BCUT2D eigenvalue weighted by atomic mass is 10.1. The molecule has 142 valence electrons. The van der Waals surface area contributed by atoms with E-state index < -0.39 is 0 Å². The minimum atomic E-state index is -0.376. The Labute approximate surface area is 160 Å². The van der Waals surface area contributed by atoms with Gasteiger partial charge in [-0.2, -0.15) is 9.97 Å². The summed E-state index contributed by atoms with van der Waals surface area (Å²) < 4.78 is 6.97. The number of urea groups is 1. The topological polar surface area (TPSA) is 123 Å². The number of carbonyl (C=O) groups is 1. The Kier molecular flexibility index (Phi) is 4.67. The Morgan fingerprint density at radius 3 is 2.82 bits per heavy atom. The maximum absolute atomic E-state index is 11.8. The van der Waals surface area contributed by atoms with E-state index in [0.717, 1.165) is 11.1 Å². The highest BCUT2D eigenvalue weighted by Crippen LogP contribution is 2.27. The summed E-state index contributed by atoms with van der Waals surface area (Å²) in [6.45, 7) is 4.27. The van der Waals surface area contributed by atoms with Crippen LogP contribution in [0.5, 0.6) is 0 Å². The van der Waals surface area contributed by atoms with Crippen molar-refractivity contribution in [3.8, 4) is 22.7 Å². The Hall–Kier alpha value is -3.82. The van der Waals surface area contributed by atoms with Gasteiger partial charge in [-0.1, -0.05) is 18.1 Å². The van der Waals surface area contributed by atoms with E-state index in [9.17, 15) is 4.79 Å². The number of hydrogen-bond acceptors (Lipinski definition) is 7. The summed E-state index contributed by atoms with van der Waals surface area (Å²) in [6.07, 6.45) is 4.11. The van der Waals surface area contributed by atoms with Gasteiger partial charge < -0.3 is 9.84 Å². The maximum Gasteiger partial charge on any atom is 0.321 e. The molecule has 0 spiro atoms. The Balaban J connectivity index is 1.85. The number of anilines is 1. The van der Waals surface area contributed by atoms with Crippen LogP contribution in [0, 0.1) is 0 Å². The number of rotatable bonds is 5. The number of nitrogens with one attached hydrogen (secondary N) is 2. The molecule has 10 nitrogen and oxygen atoms in total. The van der Waals surface area contributed by atoms with Gasteiger partial charge in [-0.25, -0.2) is 9.31 Å². The van der Waals surface area contributed by atoms with Crippen LogP contribution < -0.4 is 10.6 Å². The molecule has 0 saturated heterocycles. The molecule has 0 radical (unpaired) electrons. The van der Waals surface area contributed by atoms with Crippen molar-refractivity contribution in [3.05, 3.63) is 42.5 Å². The number of hydrogen-bond donors (Lipinski definition) is 2. The zero-order valence-electron chi connectivity index (χ0n) is 15.4. The third kappa shape index (κ3) is 3.39. The normalized spacial score (nSPS) is 10.9. The standard InChI is InChI=1S/C18H18N8O2/c1-3-14-21-16(28-25-14)13-8-12(11-6-5-7-19-10-11)9-15-22-17(24-26(13)15)23-18(27)20-4-2/h5-10H,3-4H2,1-2H3,(H2,20,23,24,27). The lowest BCUT2D eigenvalue weighted by Gasteiger charge is -2.05.